The van der Waals surface area contributed by atoms with Crippen molar-refractivity contribution in [2.75, 3.05) is 0 Å². The lowest BCUT2D eigenvalue weighted by Gasteiger charge is -2.03. The fourth-order valence-corrected chi connectivity index (χ4v) is 1.32. The summed E-state index contributed by atoms with van der Waals surface area (Å²) in [5, 5.41) is 10.7. The van der Waals surface area contributed by atoms with Gasteiger partial charge >= 0.3 is 5.82 Å². The van der Waals surface area contributed by atoms with Crippen molar-refractivity contribution in [3.05, 3.63) is 46.7 Å². The molecule has 7 nitrogen and oxygen atoms in total. The molecule has 0 aliphatic rings. The zero-order valence-electron chi connectivity index (χ0n) is 7.98. The monoisotopic (exact) mass is 218 g/mol. The Morgan fingerprint density at radius 3 is 2.88 bits per heavy atom. The lowest BCUT2D eigenvalue weighted by atomic mass is 10.3. The summed E-state index contributed by atoms with van der Waals surface area (Å²) in [5.74, 6) is -0.222. The van der Waals surface area contributed by atoms with Crippen LogP contribution in [0.3, 0.4) is 0 Å². The number of hydrogen-bond acceptors (Lipinski definition) is 5. The third kappa shape index (κ3) is 1.54. The molecule has 0 spiro atoms. The summed E-state index contributed by atoms with van der Waals surface area (Å²) in [6.07, 6.45) is 4.70. The first-order chi connectivity index (χ1) is 7.74. The molecule has 0 unspecified atom stereocenters. The third-order valence-electron chi connectivity index (χ3n) is 1.97. The molecule has 0 aromatic carbocycles. The van der Waals surface area contributed by atoms with Crippen LogP contribution in [0.4, 0.5) is 5.82 Å². The van der Waals surface area contributed by atoms with Gasteiger partial charge in [0.15, 0.2) is 12.1 Å². The molecule has 16 heavy (non-hydrogen) atoms. The summed E-state index contributed by atoms with van der Waals surface area (Å²) < 4.78 is 1.32. The van der Waals surface area contributed by atoms with Crippen LogP contribution in [0, 0.1) is 10.1 Å². The molecule has 0 aliphatic heterocycles. The predicted octanol–water partition coefficient (Wildman–Crippen LogP) is 0.988. The lowest BCUT2D eigenvalue weighted by Crippen LogP contribution is -2.04. The minimum absolute atomic E-state index is 0.0936. The number of carbonyl (C=O) groups is 1. The van der Waals surface area contributed by atoms with Gasteiger partial charge in [0.25, 0.3) is 0 Å². The fourth-order valence-electron chi connectivity index (χ4n) is 1.32. The first-order valence-electron chi connectivity index (χ1n) is 4.32. The molecule has 7 heteroatoms. The Bertz CT molecular complexity index is 549. The Hall–Kier alpha value is -2.57. The van der Waals surface area contributed by atoms with Crippen LogP contribution < -0.4 is 0 Å². The number of imidazole rings is 1. The molecule has 0 radical (unpaired) electrons. The standard InChI is InChI=1S/C9H6N4O3/c14-6-8-10-4-5-12(8)7-2-1-3-11-9(7)13(15)16/h1-6H. The quantitative estimate of drug-likeness (QED) is 0.435. The van der Waals surface area contributed by atoms with E-state index in [-0.39, 0.29) is 17.3 Å². The normalized spacial score (nSPS) is 10.0. The Balaban J connectivity index is 2.64. The highest BCUT2D eigenvalue weighted by Gasteiger charge is 2.17. The van der Waals surface area contributed by atoms with Crippen LogP contribution in [0.5, 0.6) is 0 Å². The van der Waals surface area contributed by atoms with Crippen LogP contribution in [0.15, 0.2) is 30.7 Å². The minimum Gasteiger partial charge on any atom is -0.358 e. The summed E-state index contributed by atoms with van der Waals surface area (Å²) in [6, 6.07) is 3.05. The van der Waals surface area contributed by atoms with Gasteiger partial charge < -0.3 is 10.1 Å². The average Bonchev–Trinajstić information content (AvgIpc) is 2.76. The van der Waals surface area contributed by atoms with Crippen molar-refractivity contribution in [1.82, 2.24) is 14.5 Å². The number of rotatable bonds is 3. The number of pyridine rings is 1. The van der Waals surface area contributed by atoms with Gasteiger partial charge in [-0.15, -0.1) is 0 Å². The highest BCUT2D eigenvalue weighted by atomic mass is 16.6. The third-order valence-corrected chi connectivity index (χ3v) is 1.97. The van der Waals surface area contributed by atoms with E-state index in [1.165, 1.54) is 29.2 Å². The maximum absolute atomic E-state index is 10.7. The van der Waals surface area contributed by atoms with Gasteiger partial charge in [0.05, 0.1) is 0 Å². The Morgan fingerprint density at radius 1 is 1.38 bits per heavy atom. The van der Waals surface area contributed by atoms with E-state index in [9.17, 15) is 14.9 Å². The fraction of sp³-hybridized carbons (Fsp3) is 0. The van der Waals surface area contributed by atoms with Gasteiger partial charge in [-0.2, -0.15) is 0 Å². The number of nitrogens with zero attached hydrogens (tertiary/aromatic N) is 4. The van der Waals surface area contributed by atoms with E-state index in [0.717, 1.165) is 0 Å². The van der Waals surface area contributed by atoms with Gasteiger partial charge in [-0.25, -0.2) is 4.98 Å². The van der Waals surface area contributed by atoms with Gasteiger partial charge in [0.1, 0.15) is 11.9 Å². The first-order valence-corrected chi connectivity index (χ1v) is 4.32. The van der Waals surface area contributed by atoms with Gasteiger partial charge in [0, 0.05) is 12.4 Å². The Kier molecular flexibility index (Phi) is 2.42. The van der Waals surface area contributed by atoms with Crippen molar-refractivity contribution in [2.45, 2.75) is 0 Å². The highest BCUT2D eigenvalue weighted by molar-refractivity contribution is 5.71. The SMILES string of the molecule is O=Cc1nccn1-c1cccnc1[N+](=O)[O-]. The van der Waals surface area contributed by atoms with Gasteiger partial charge in [0.2, 0.25) is 0 Å². The lowest BCUT2D eigenvalue weighted by molar-refractivity contribution is -0.389. The van der Waals surface area contributed by atoms with Gasteiger partial charge in [-0.3, -0.25) is 9.36 Å². The molecule has 80 valence electrons. The van der Waals surface area contributed by atoms with E-state index in [4.69, 9.17) is 0 Å². The molecule has 0 aliphatic carbocycles. The molecule has 0 saturated carbocycles. The number of aldehydes is 1. The molecule has 2 rings (SSSR count). The van der Waals surface area contributed by atoms with E-state index >= 15 is 0 Å². The van der Waals surface area contributed by atoms with Gasteiger partial charge in [-0.05, 0) is 22.0 Å². The van der Waals surface area contributed by atoms with E-state index in [1.807, 2.05) is 0 Å². The molecule has 0 N–H and O–H groups in total. The smallest absolute Gasteiger partial charge is 0.358 e. The molecule has 0 amide bonds. The predicted molar refractivity (Wildman–Crippen MR) is 53.4 cm³/mol. The average molecular weight is 218 g/mol. The molecule has 2 heterocycles. The van der Waals surface area contributed by atoms with Crippen LogP contribution in [-0.2, 0) is 0 Å². The summed E-state index contributed by atoms with van der Waals surface area (Å²) in [6.45, 7) is 0. The Labute approximate surface area is 89.5 Å². The molecule has 0 atom stereocenters. The molecule has 0 saturated heterocycles. The van der Waals surface area contributed by atoms with Gasteiger partial charge in [-0.1, -0.05) is 0 Å². The summed E-state index contributed by atoms with van der Waals surface area (Å²) in [5.41, 5.74) is 0.215. The molecule has 2 aromatic heterocycles. The van der Waals surface area contributed by atoms with E-state index < -0.39 is 4.92 Å². The van der Waals surface area contributed by atoms with E-state index in [1.54, 1.807) is 6.07 Å². The first kappa shape index (κ1) is 9.97. The molecule has 2 aromatic rings. The second kappa shape index (κ2) is 3.89. The van der Waals surface area contributed by atoms with Crippen LogP contribution >= 0.6 is 0 Å². The maximum Gasteiger partial charge on any atom is 0.387 e. The molecular formula is C9H6N4O3. The number of carbonyl (C=O) groups excluding carboxylic acids is 1. The van der Waals surface area contributed by atoms with Crippen molar-refractivity contribution in [3.8, 4) is 5.69 Å². The molecule has 0 fully saturated rings. The van der Waals surface area contributed by atoms with Crippen molar-refractivity contribution in [1.29, 1.82) is 0 Å². The van der Waals surface area contributed by atoms with Crippen molar-refractivity contribution in [3.63, 3.8) is 0 Å². The highest BCUT2D eigenvalue weighted by Crippen LogP contribution is 2.19. The molecule has 0 bridgehead atoms. The topological polar surface area (TPSA) is 90.9 Å². The van der Waals surface area contributed by atoms with Crippen LogP contribution in [0.2, 0.25) is 0 Å². The van der Waals surface area contributed by atoms with Crippen molar-refractivity contribution >= 4 is 12.1 Å². The summed E-state index contributed by atoms with van der Waals surface area (Å²) >= 11 is 0. The maximum atomic E-state index is 10.7. The van der Waals surface area contributed by atoms with E-state index in [0.29, 0.717) is 6.29 Å². The molecular weight excluding hydrogens is 212 g/mol. The zero-order valence-corrected chi connectivity index (χ0v) is 7.98. The van der Waals surface area contributed by atoms with Crippen LogP contribution in [0.25, 0.3) is 5.69 Å². The second-order valence-corrected chi connectivity index (χ2v) is 2.88. The number of hydrogen-bond donors (Lipinski definition) is 0. The van der Waals surface area contributed by atoms with Crippen LogP contribution in [-0.4, -0.2) is 25.7 Å². The second-order valence-electron chi connectivity index (χ2n) is 2.88. The number of nitro groups is 1. The zero-order chi connectivity index (χ0) is 11.5. The van der Waals surface area contributed by atoms with E-state index in [2.05, 4.69) is 9.97 Å². The number of aromatic nitrogens is 3. The summed E-state index contributed by atoms with van der Waals surface area (Å²) in [4.78, 5) is 28.2. The minimum atomic E-state index is -0.607. The van der Waals surface area contributed by atoms with Crippen molar-refractivity contribution < 1.29 is 9.72 Å². The van der Waals surface area contributed by atoms with Crippen molar-refractivity contribution in [2.24, 2.45) is 0 Å². The Morgan fingerprint density at radius 2 is 2.19 bits per heavy atom. The summed E-state index contributed by atoms with van der Waals surface area (Å²) in [7, 11) is 0. The van der Waals surface area contributed by atoms with Crippen LogP contribution in [0.1, 0.15) is 10.6 Å². The largest absolute Gasteiger partial charge is 0.387 e.